The number of hydrogen-bond acceptors (Lipinski definition) is 4. The molecule has 1 aliphatic heterocycles. The summed E-state index contributed by atoms with van der Waals surface area (Å²) in [6.07, 6.45) is 5.36. The Morgan fingerprint density at radius 1 is 1.45 bits per heavy atom. The molecule has 1 atom stereocenters. The molecule has 1 fully saturated rings. The van der Waals surface area contributed by atoms with Crippen LogP contribution >= 0.6 is 0 Å². The number of pyridine rings is 1. The van der Waals surface area contributed by atoms with E-state index in [1.807, 2.05) is 13.0 Å². The molecule has 1 aliphatic rings. The Morgan fingerprint density at radius 2 is 2.30 bits per heavy atom. The molecule has 1 aromatic heterocycles. The SMILES string of the molecule is CCNc1ccc(C(=O)NCC2CCCCN2C)nc1. The van der Waals surface area contributed by atoms with Gasteiger partial charge in [0.05, 0.1) is 11.9 Å². The highest BCUT2D eigenvalue weighted by atomic mass is 16.1. The zero-order valence-electron chi connectivity index (χ0n) is 12.4. The second kappa shape index (κ2) is 7.24. The second-order valence-corrected chi connectivity index (χ2v) is 5.30. The summed E-state index contributed by atoms with van der Waals surface area (Å²) in [6.45, 7) is 4.70. The molecule has 0 spiro atoms. The number of nitrogens with one attached hydrogen (secondary N) is 2. The average molecular weight is 276 g/mol. The molecule has 2 N–H and O–H groups in total. The lowest BCUT2D eigenvalue weighted by molar-refractivity contribution is 0.0923. The molecule has 20 heavy (non-hydrogen) atoms. The van der Waals surface area contributed by atoms with Gasteiger partial charge in [0.2, 0.25) is 0 Å². The van der Waals surface area contributed by atoms with Crippen LogP contribution in [0.2, 0.25) is 0 Å². The molecule has 0 aliphatic carbocycles. The molecular formula is C15H24N4O. The standard InChI is InChI=1S/C15H24N4O/c1-3-16-12-7-8-14(17-10-12)15(20)18-11-13-6-4-5-9-19(13)2/h7-8,10,13,16H,3-6,9,11H2,1-2H3,(H,18,20). The van der Waals surface area contributed by atoms with Crippen LogP contribution in [0.25, 0.3) is 0 Å². The third-order valence-corrected chi connectivity index (χ3v) is 3.80. The lowest BCUT2D eigenvalue weighted by Gasteiger charge is -2.32. The number of carbonyl (C=O) groups is 1. The van der Waals surface area contributed by atoms with Gasteiger partial charge < -0.3 is 15.5 Å². The number of likely N-dealkylation sites (N-methyl/N-ethyl adjacent to an activating group) is 1. The molecule has 110 valence electrons. The van der Waals surface area contributed by atoms with Crippen molar-refractivity contribution in [2.24, 2.45) is 0 Å². The van der Waals surface area contributed by atoms with Crippen LogP contribution in [0, 0.1) is 0 Å². The number of carbonyl (C=O) groups excluding carboxylic acids is 1. The molecule has 2 heterocycles. The Bertz CT molecular complexity index is 432. The van der Waals surface area contributed by atoms with Crippen molar-refractivity contribution in [1.82, 2.24) is 15.2 Å². The van der Waals surface area contributed by atoms with Crippen molar-refractivity contribution < 1.29 is 4.79 Å². The zero-order valence-corrected chi connectivity index (χ0v) is 12.4. The summed E-state index contributed by atoms with van der Waals surface area (Å²) in [4.78, 5) is 18.6. The fourth-order valence-corrected chi connectivity index (χ4v) is 2.54. The van der Waals surface area contributed by atoms with E-state index in [2.05, 4.69) is 27.6 Å². The summed E-state index contributed by atoms with van der Waals surface area (Å²) in [5.41, 5.74) is 1.42. The van der Waals surface area contributed by atoms with Gasteiger partial charge in [0.1, 0.15) is 5.69 Å². The summed E-state index contributed by atoms with van der Waals surface area (Å²) >= 11 is 0. The van der Waals surface area contributed by atoms with Crippen LogP contribution in [-0.4, -0.2) is 48.5 Å². The van der Waals surface area contributed by atoms with Crippen molar-refractivity contribution in [2.75, 3.05) is 32.0 Å². The Balaban J connectivity index is 1.84. The molecule has 0 bridgehead atoms. The van der Waals surface area contributed by atoms with Gasteiger partial charge in [-0.1, -0.05) is 6.42 Å². The maximum atomic E-state index is 12.1. The summed E-state index contributed by atoms with van der Waals surface area (Å²) in [5, 5.41) is 6.15. The molecule has 5 nitrogen and oxygen atoms in total. The van der Waals surface area contributed by atoms with E-state index < -0.39 is 0 Å². The van der Waals surface area contributed by atoms with E-state index in [-0.39, 0.29) is 5.91 Å². The van der Waals surface area contributed by atoms with Crippen LogP contribution in [0.5, 0.6) is 0 Å². The van der Waals surface area contributed by atoms with E-state index in [4.69, 9.17) is 0 Å². The third kappa shape index (κ3) is 3.93. The van der Waals surface area contributed by atoms with Gasteiger partial charge in [-0.3, -0.25) is 4.79 Å². The van der Waals surface area contributed by atoms with Gasteiger partial charge in [-0.15, -0.1) is 0 Å². The van der Waals surface area contributed by atoms with E-state index in [0.29, 0.717) is 18.3 Å². The number of aromatic nitrogens is 1. The average Bonchev–Trinajstić information content (AvgIpc) is 2.47. The van der Waals surface area contributed by atoms with E-state index >= 15 is 0 Å². The highest BCUT2D eigenvalue weighted by molar-refractivity contribution is 5.92. The lowest BCUT2D eigenvalue weighted by atomic mass is 10.0. The highest BCUT2D eigenvalue weighted by Gasteiger charge is 2.19. The first-order chi connectivity index (χ1) is 9.70. The van der Waals surface area contributed by atoms with E-state index in [1.54, 1.807) is 12.3 Å². The van der Waals surface area contributed by atoms with Crippen LogP contribution in [0.15, 0.2) is 18.3 Å². The van der Waals surface area contributed by atoms with Crippen LogP contribution in [-0.2, 0) is 0 Å². The topological polar surface area (TPSA) is 57.3 Å². The molecule has 0 aromatic carbocycles. The van der Waals surface area contributed by atoms with Crippen molar-refractivity contribution >= 4 is 11.6 Å². The van der Waals surface area contributed by atoms with E-state index in [0.717, 1.165) is 25.2 Å². The normalized spacial score (nSPS) is 19.6. The summed E-state index contributed by atoms with van der Waals surface area (Å²) in [6, 6.07) is 4.10. The van der Waals surface area contributed by atoms with Crippen molar-refractivity contribution in [2.45, 2.75) is 32.2 Å². The lowest BCUT2D eigenvalue weighted by Crippen LogP contribution is -2.44. The number of anilines is 1. The van der Waals surface area contributed by atoms with Gasteiger partial charge in [0, 0.05) is 19.1 Å². The maximum absolute atomic E-state index is 12.1. The van der Waals surface area contributed by atoms with Crippen LogP contribution in [0.3, 0.4) is 0 Å². The quantitative estimate of drug-likeness (QED) is 0.860. The second-order valence-electron chi connectivity index (χ2n) is 5.30. The third-order valence-electron chi connectivity index (χ3n) is 3.80. The molecule has 1 unspecified atom stereocenters. The minimum Gasteiger partial charge on any atom is -0.384 e. The fourth-order valence-electron chi connectivity index (χ4n) is 2.54. The Hall–Kier alpha value is -1.62. The maximum Gasteiger partial charge on any atom is 0.269 e. The van der Waals surface area contributed by atoms with Crippen molar-refractivity contribution in [3.8, 4) is 0 Å². The molecule has 0 saturated carbocycles. The van der Waals surface area contributed by atoms with Gasteiger partial charge >= 0.3 is 0 Å². The highest BCUT2D eigenvalue weighted by Crippen LogP contribution is 2.14. The minimum absolute atomic E-state index is 0.0907. The number of likely N-dealkylation sites (tertiary alicyclic amines) is 1. The van der Waals surface area contributed by atoms with Crippen LogP contribution < -0.4 is 10.6 Å². The van der Waals surface area contributed by atoms with Crippen LogP contribution in [0.4, 0.5) is 5.69 Å². The summed E-state index contributed by atoms with van der Waals surface area (Å²) < 4.78 is 0. The molecular weight excluding hydrogens is 252 g/mol. The van der Waals surface area contributed by atoms with Crippen molar-refractivity contribution in [3.63, 3.8) is 0 Å². The predicted molar refractivity (Wildman–Crippen MR) is 81.0 cm³/mol. The number of nitrogens with zero attached hydrogens (tertiary/aromatic N) is 2. The number of rotatable bonds is 5. The number of amides is 1. The molecule has 1 saturated heterocycles. The fraction of sp³-hybridized carbons (Fsp3) is 0.600. The largest absolute Gasteiger partial charge is 0.384 e. The van der Waals surface area contributed by atoms with Gasteiger partial charge in [-0.2, -0.15) is 0 Å². The van der Waals surface area contributed by atoms with E-state index in [9.17, 15) is 4.79 Å². The van der Waals surface area contributed by atoms with Gasteiger partial charge in [0.15, 0.2) is 0 Å². The monoisotopic (exact) mass is 276 g/mol. The van der Waals surface area contributed by atoms with E-state index in [1.165, 1.54) is 12.8 Å². The number of hydrogen-bond donors (Lipinski definition) is 2. The Morgan fingerprint density at radius 3 is 2.95 bits per heavy atom. The smallest absolute Gasteiger partial charge is 0.269 e. The van der Waals surface area contributed by atoms with Crippen molar-refractivity contribution in [3.05, 3.63) is 24.0 Å². The first-order valence-corrected chi connectivity index (χ1v) is 7.39. The number of piperidine rings is 1. The minimum atomic E-state index is -0.0907. The summed E-state index contributed by atoms with van der Waals surface area (Å²) in [7, 11) is 2.12. The van der Waals surface area contributed by atoms with Gasteiger partial charge in [0.25, 0.3) is 5.91 Å². The molecule has 2 rings (SSSR count). The first kappa shape index (κ1) is 14.8. The van der Waals surface area contributed by atoms with Crippen molar-refractivity contribution in [1.29, 1.82) is 0 Å². The first-order valence-electron chi connectivity index (χ1n) is 7.39. The Labute approximate surface area is 120 Å². The molecule has 1 aromatic rings. The molecule has 1 amide bonds. The predicted octanol–water partition coefficient (Wildman–Crippen LogP) is 1.73. The van der Waals surface area contributed by atoms with Gasteiger partial charge in [-0.25, -0.2) is 4.98 Å². The Kier molecular flexibility index (Phi) is 5.35. The van der Waals surface area contributed by atoms with Gasteiger partial charge in [-0.05, 0) is 45.5 Å². The molecule has 0 radical (unpaired) electrons. The zero-order chi connectivity index (χ0) is 14.4. The van der Waals surface area contributed by atoms with Crippen LogP contribution in [0.1, 0.15) is 36.7 Å². The molecule has 5 heteroatoms. The summed E-state index contributed by atoms with van der Waals surface area (Å²) in [5.74, 6) is -0.0907.